The number of amides is 1. The Kier molecular flexibility index (Phi) is 4.20. The first kappa shape index (κ1) is 15.1. The summed E-state index contributed by atoms with van der Waals surface area (Å²) < 4.78 is 13.0. The number of aromatic nitrogens is 2. The summed E-state index contributed by atoms with van der Waals surface area (Å²) >= 11 is 0. The van der Waals surface area contributed by atoms with Crippen LogP contribution in [0.5, 0.6) is 0 Å². The Morgan fingerprint density at radius 1 is 1.41 bits per heavy atom. The van der Waals surface area contributed by atoms with Crippen molar-refractivity contribution >= 4 is 5.91 Å². The fourth-order valence-corrected chi connectivity index (χ4v) is 3.22. The van der Waals surface area contributed by atoms with Gasteiger partial charge in [-0.15, -0.1) is 0 Å². The minimum absolute atomic E-state index is 0.0167. The Hall–Kier alpha value is -1.82. The van der Waals surface area contributed by atoms with Gasteiger partial charge in [0.15, 0.2) is 0 Å². The smallest absolute Gasteiger partial charge is 0.250 e. The van der Waals surface area contributed by atoms with Crippen molar-refractivity contribution in [2.24, 2.45) is 7.05 Å². The molecule has 3 rings (SSSR count). The minimum Gasteiger partial charge on any atom is -0.501 e. The van der Waals surface area contributed by atoms with Crippen molar-refractivity contribution in [2.45, 2.75) is 45.3 Å². The van der Waals surface area contributed by atoms with E-state index < -0.39 is 0 Å². The topological polar surface area (TPSA) is 65.4 Å². The van der Waals surface area contributed by atoms with E-state index >= 15 is 0 Å². The Morgan fingerprint density at radius 3 is 2.86 bits per heavy atom. The first-order valence-corrected chi connectivity index (χ1v) is 7.81. The lowest BCUT2D eigenvalue weighted by Gasteiger charge is -2.22. The van der Waals surface area contributed by atoms with Crippen LogP contribution in [0.1, 0.15) is 42.3 Å². The lowest BCUT2D eigenvalue weighted by atomic mass is 9.99. The number of hydrogen-bond donors (Lipinski definition) is 1. The summed E-state index contributed by atoms with van der Waals surface area (Å²) in [5, 5.41) is 7.56. The number of rotatable bonds is 3. The molecule has 22 heavy (non-hydrogen) atoms. The standard InChI is InChI=1S/C16H23N3O3/c1-10-14(11(2)19(3)18-10)15-13(6-8-22-15)17-16(20)12-5-4-7-21-9-12/h9,13,15H,4-8H2,1-3H3,(H,17,20)/t13-,15-/m0/s1. The highest BCUT2D eigenvalue weighted by molar-refractivity contribution is 5.93. The lowest BCUT2D eigenvalue weighted by molar-refractivity contribution is -0.119. The Bertz CT molecular complexity index is 606. The molecule has 1 N–H and O–H groups in total. The maximum Gasteiger partial charge on any atom is 0.250 e. The molecule has 0 unspecified atom stereocenters. The molecule has 1 amide bonds. The second-order valence-electron chi connectivity index (χ2n) is 5.99. The van der Waals surface area contributed by atoms with Gasteiger partial charge in [0.25, 0.3) is 5.91 Å². The van der Waals surface area contributed by atoms with Gasteiger partial charge >= 0.3 is 0 Å². The van der Waals surface area contributed by atoms with Gasteiger partial charge in [0.2, 0.25) is 0 Å². The van der Waals surface area contributed by atoms with Crippen molar-refractivity contribution in [1.82, 2.24) is 15.1 Å². The third-order valence-corrected chi connectivity index (χ3v) is 4.48. The first-order valence-electron chi connectivity index (χ1n) is 7.81. The van der Waals surface area contributed by atoms with Gasteiger partial charge in [-0.2, -0.15) is 5.10 Å². The summed E-state index contributed by atoms with van der Waals surface area (Å²) in [5.74, 6) is -0.0422. The van der Waals surface area contributed by atoms with Gasteiger partial charge in [-0.25, -0.2) is 0 Å². The van der Waals surface area contributed by atoms with Crippen LogP contribution < -0.4 is 5.32 Å². The van der Waals surface area contributed by atoms with Crippen molar-refractivity contribution in [1.29, 1.82) is 0 Å². The molecule has 3 heterocycles. The summed E-state index contributed by atoms with van der Waals surface area (Å²) in [7, 11) is 1.93. The van der Waals surface area contributed by atoms with E-state index in [4.69, 9.17) is 9.47 Å². The van der Waals surface area contributed by atoms with Gasteiger partial charge in [-0.1, -0.05) is 0 Å². The highest BCUT2D eigenvalue weighted by Gasteiger charge is 2.35. The molecule has 6 nitrogen and oxygen atoms in total. The summed E-state index contributed by atoms with van der Waals surface area (Å²) in [6.45, 7) is 5.37. The molecular formula is C16H23N3O3. The third-order valence-electron chi connectivity index (χ3n) is 4.48. The number of carbonyl (C=O) groups excluding carboxylic acids is 1. The molecular weight excluding hydrogens is 282 g/mol. The first-order chi connectivity index (χ1) is 10.6. The SMILES string of the molecule is Cc1nn(C)c(C)c1[C@H]1OCC[C@@H]1NC(=O)C1=COCCC1. The van der Waals surface area contributed by atoms with Crippen LogP contribution >= 0.6 is 0 Å². The molecule has 1 saturated heterocycles. The highest BCUT2D eigenvalue weighted by Crippen LogP contribution is 2.33. The van der Waals surface area contributed by atoms with E-state index in [0.717, 1.165) is 41.8 Å². The van der Waals surface area contributed by atoms with Crippen molar-refractivity contribution in [2.75, 3.05) is 13.2 Å². The Balaban J connectivity index is 1.76. The average molecular weight is 305 g/mol. The molecule has 2 aliphatic heterocycles. The molecule has 2 atom stereocenters. The molecule has 6 heteroatoms. The average Bonchev–Trinajstić information content (AvgIpc) is 3.05. The molecule has 1 aromatic heterocycles. The fraction of sp³-hybridized carbons (Fsp3) is 0.625. The highest BCUT2D eigenvalue weighted by atomic mass is 16.5. The van der Waals surface area contributed by atoms with E-state index in [2.05, 4.69) is 10.4 Å². The zero-order valence-corrected chi connectivity index (χ0v) is 13.4. The molecule has 0 aromatic carbocycles. The van der Waals surface area contributed by atoms with Gasteiger partial charge in [0.05, 0.1) is 30.2 Å². The van der Waals surface area contributed by atoms with E-state index in [-0.39, 0.29) is 18.1 Å². The summed E-state index contributed by atoms with van der Waals surface area (Å²) in [6, 6.07) is -0.0167. The van der Waals surface area contributed by atoms with Gasteiger partial charge in [-0.05, 0) is 33.1 Å². The maximum absolute atomic E-state index is 12.4. The van der Waals surface area contributed by atoms with E-state index in [9.17, 15) is 4.79 Å². The number of nitrogens with one attached hydrogen (secondary N) is 1. The molecule has 1 aromatic rings. The van der Waals surface area contributed by atoms with Crippen LogP contribution in [-0.2, 0) is 21.3 Å². The predicted octanol–water partition coefficient (Wildman–Crippen LogP) is 1.68. The van der Waals surface area contributed by atoms with Gasteiger partial charge in [-0.3, -0.25) is 9.48 Å². The monoisotopic (exact) mass is 305 g/mol. The molecule has 0 aliphatic carbocycles. The number of carbonyl (C=O) groups is 1. The molecule has 2 aliphatic rings. The quantitative estimate of drug-likeness (QED) is 0.922. The van der Waals surface area contributed by atoms with Crippen LogP contribution in [0.25, 0.3) is 0 Å². The van der Waals surface area contributed by atoms with Crippen LogP contribution in [0.3, 0.4) is 0 Å². The molecule has 120 valence electrons. The zero-order valence-electron chi connectivity index (χ0n) is 13.4. The van der Waals surface area contributed by atoms with Gasteiger partial charge < -0.3 is 14.8 Å². The van der Waals surface area contributed by atoms with Crippen LogP contribution in [-0.4, -0.2) is 34.9 Å². The third kappa shape index (κ3) is 2.75. The van der Waals surface area contributed by atoms with Crippen molar-refractivity contribution in [3.8, 4) is 0 Å². The second kappa shape index (κ2) is 6.12. The molecule has 1 fully saturated rings. The fourth-order valence-electron chi connectivity index (χ4n) is 3.22. The molecule has 0 bridgehead atoms. The Morgan fingerprint density at radius 2 is 2.23 bits per heavy atom. The minimum atomic E-state index is -0.122. The molecule has 0 spiro atoms. The molecule has 0 saturated carbocycles. The maximum atomic E-state index is 12.4. The zero-order chi connectivity index (χ0) is 15.7. The predicted molar refractivity (Wildman–Crippen MR) is 81.2 cm³/mol. The second-order valence-corrected chi connectivity index (χ2v) is 5.99. The van der Waals surface area contributed by atoms with Crippen LogP contribution in [0.4, 0.5) is 0 Å². The van der Waals surface area contributed by atoms with Crippen molar-refractivity contribution < 1.29 is 14.3 Å². The van der Waals surface area contributed by atoms with Crippen LogP contribution in [0.15, 0.2) is 11.8 Å². The Labute approximate surface area is 130 Å². The molecule has 0 radical (unpaired) electrons. The van der Waals surface area contributed by atoms with Gasteiger partial charge in [0, 0.05) is 24.9 Å². The van der Waals surface area contributed by atoms with Crippen molar-refractivity contribution in [3.05, 3.63) is 28.8 Å². The van der Waals surface area contributed by atoms with E-state index in [1.54, 1.807) is 6.26 Å². The summed E-state index contributed by atoms with van der Waals surface area (Å²) in [5.41, 5.74) is 3.87. The number of aryl methyl sites for hydroxylation is 2. The van der Waals surface area contributed by atoms with E-state index in [1.165, 1.54) is 0 Å². The van der Waals surface area contributed by atoms with E-state index in [1.807, 2.05) is 25.6 Å². The van der Waals surface area contributed by atoms with Gasteiger partial charge in [0.1, 0.15) is 6.10 Å². The number of hydrogen-bond acceptors (Lipinski definition) is 4. The largest absolute Gasteiger partial charge is 0.501 e. The normalized spacial score (nSPS) is 24.8. The summed E-state index contributed by atoms with van der Waals surface area (Å²) in [6.07, 6.45) is 3.95. The van der Waals surface area contributed by atoms with E-state index in [0.29, 0.717) is 13.2 Å². The van der Waals surface area contributed by atoms with Crippen molar-refractivity contribution in [3.63, 3.8) is 0 Å². The number of ether oxygens (including phenoxy) is 2. The summed E-state index contributed by atoms with van der Waals surface area (Å²) in [4.78, 5) is 12.4. The van der Waals surface area contributed by atoms with Crippen LogP contribution in [0, 0.1) is 13.8 Å². The number of nitrogens with zero attached hydrogens (tertiary/aromatic N) is 2. The lowest BCUT2D eigenvalue weighted by Crippen LogP contribution is -2.38. The van der Waals surface area contributed by atoms with Crippen LogP contribution in [0.2, 0.25) is 0 Å².